The zero-order chi connectivity index (χ0) is 17.9. The number of ether oxygens (including phenoxy) is 1. The Labute approximate surface area is 153 Å². The molecule has 1 aromatic heterocycles. The fourth-order valence-electron chi connectivity index (χ4n) is 3.50. The van der Waals surface area contributed by atoms with Gasteiger partial charge in [-0.2, -0.15) is 4.98 Å². The number of hydrogen-bond acceptors (Lipinski definition) is 5. The molecule has 2 aromatic rings. The Morgan fingerprint density at radius 3 is 3.04 bits per heavy atom. The summed E-state index contributed by atoms with van der Waals surface area (Å²) in [6, 6.07) is 7.77. The van der Waals surface area contributed by atoms with E-state index in [-0.39, 0.29) is 12.5 Å². The summed E-state index contributed by atoms with van der Waals surface area (Å²) in [6.07, 6.45) is 5.19. The molecule has 0 radical (unpaired) electrons. The van der Waals surface area contributed by atoms with Crippen LogP contribution < -0.4 is 4.74 Å². The minimum absolute atomic E-state index is 0.0420. The van der Waals surface area contributed by atoms with Gasteiger partial charge in [-0.25, -0.2) is 0 Å². The lowest BCUT2D eigenvalue weighted by Crippen LogP contribution is -2.42. The standard InChI is InChI=1S/C20H25N3O3/c1-14-4-2-6-17(10-14)25-13-19(24)23-9-3-5-15(12-23)11-18-21-20(22-26-18)16-7-8-16/h2,4,6,10,15-16H,3,5,7-9,11-13H2,1H3. The van der Waals surface area contributed by atoms with Crippen LogP contribution in [0.25, 0.3) is 0 Å². The zero-order valence-corrected chi connectivity index (χ0v) is 15.2. The summed E-state index contributed by atoms with van der Waals surface area (Å²) >= 11 is 0. The minimum atomic E-state index is 0.0420. The van der Waals surface area contributed by atoms with Gasteiger partial charge in [-0.3, -0.25) is 4.79 Å². The molecule has 2 aliphatic rings. The predicted molar refractivity (Wildman–Crippen MR) is 96.0 cm³/mol. The monoisotopic (exact) mass is 355 g/mol. The summed E-state index contributed by atoms with van der Waals surface area (Å²) in [7, 11) is 0. The van der Waals surface area contributed by atoms with Gasteiger partial charge in [0.2, 0.25) is 5.89 Å². The molecule has 1 atom stereocenters. The molecule has 1 aromatic carbocycles. The van der Waals surface area contributed by atoms with Crippen molar-refractivity contribution in [1.29, 1.82) is 0 Å². The molecule has 1 saturated heterocycles. The van der Waals surface area contributed by atoms with E-state index in [0.717, 1.165) is 49.5 Å². The molecular formula is C20H25N3O3. The quantitative estimate of drug-likeness (QED) is 0.796. The molecule has 0 spiro atoms. The lowest BCUT2D eigenvalue weighted by Gasteiger charge is -2.32. The second-order valence-electron chi connectivity index (χ2n) is 7.48. The topological polar surface area (TPSA) is 68.5 Å². The maximum Gasteiger partial charge on any atom is 0.260 e. The highest BCUT2D eigenvalue weighted by atomic mass is 16.5. The minimum Gasteiger partial charge on any atom is -0.484 e. The molecule has 1 amide bonds. The van der Waals surface area contributed by atoms with Gasteiger partial charge in [0.25, 0.3) is 5.91 Å². The fourth-order valence-corrected chi connectivity index (χ4v) is 3.50. The van der Waals surface area contributed by atoms with Crippen LogP contribution in [0.2, 0.25) is 0 Å². The van der Waals surface area contributed by atoms with Crippen LogP contribution in [0.4, 0.5) is 0 Å². The normalized spacial score (nSPS) is 20.2. The van der Waals surface area contributed by atoms with E-state index in [4.69, 9.17) is 9.26 Å². The molecule has 1 aliphatic carbocycles. The van der Waals surface area contributed by atoms with Crippen molar-refractivity contribution in [3.8, 4) is 5.75 Å². The smallest absolute Gasteiger partial charge is 0.260 e. The average molecular weight is 355 g/mol. The lowest BCUT2D eigenvalue weighted by atomic mass is 9.95. The predicted octanol–water partition coefficient (Wildman–Crippen LogP) is 3.12. The van der Waals surface area contributed by atoms with Crippen molar-refractivity contribution in [3.63, 3.8) is 0 Å². The summed E-state index contributed by atoms with van der Waals surface area (Å²) in [5.41, 5.74) is 1.12. The van der Waals surface area contributed by atoms with Gasteiger partial charge in [0.05, 0.1) is 0 Å². The van der Waals surface area contributed by atoms with Crippen molar-refractivity contribution < 1.29 is 14.1 Å². The number of aromatic nitrogens is 2. The van der Waals surface area contributed by atoms with Crippen LogP contribution in [0.1, 0.15) is 48.9 Å². The van der Waals surface area contributed by atoms with Crippen LogP contribution in [0.15, 0.2) is 28.8 Å². The molecule has 138 valence electrons. The fraction of sp³-hybridized carbons (Fsp3) is 0.550. The highest BCUT2D eigenvalue weighted by Gasteiger charge is 2.30. The SMILES string of the molecule is Cc1cccc(OCC(=O)N2CCCC(Cc3nc(C4CC4)no3)C2)c1. The number of benzene rings is 1. The number of nitrogens with zero attached hydrogens (tertiary/aromatic N) is 3. The summed E-state index contributed by atoms with van der Waals surface area (Å²) in [6.45, 7) is 3.62. The van der Waals surface area contributed by atoms with E-state index in [2.05, 4.69) is 10.1 Å². The largest absolute Gasteiger partial charge is 0.484 e. The highest BCUT2D eigenvalue weighted by molar-refractivity contribution is 5.77. The molecule has 0 bridgehead atoms. The molecule has 6 heteroatoms. The van der Waals surface area contributed by atoms with Crippen LogP contribution in [0.3, 0.4) is 0 Å². The van der Waals surface area contributed by atoms with Crippen molar-refractivity contribution in [2.24, 2.45) is 5.92 Å². The maximum atomic E-state index is 12.5. The lowest BCUT2D eigenvalue weighted by molar-refractivity contribution is -0.135. The summed E-state index contributed by atoms with van der Waals surface area (Å²) in [4.78, 5) is 18.9. The number of rotatable bonds is 6. The van der Waals surface area contributed by atoms with E-state index in [9.17, 15) is 4.79 Å². The summed E-state index contributed by atoms with van der Waals surface area (Å²) < 4.78 is 11.1. The zero-order valence-electron chi connectivity index (χ0n) is 15.2. The van der Waals surface area contributed by atoms with Crippen molar-refractivity contribution in [1.82, 2.24) is 15.0 Å². The van der Waals surface area contributed by atoms with E-state index >= 15 is 0 Å². The van der Waals surface area contributed by atoms with Gasteiger partial charge >= 0.3 is 0 Å². The van der Waals surface area contributed by atoms with Gasteiger partial charge in [-0.1, -0.05) is 17.3 Å². The highest BCUT2D eigenvalue weighted by Crippen LogP contribution is 2.38. The molecular weight excluding hydrogens is 330 g/mol. The molecule has 6 nitrogen and oxygen atoms in total. The van der Waals surface area contributed by atoms with E-state index in [1.54, 1.807) is 0 Å². The first kappa shape index (κ1) is 17.1. The molecule has 4 rings (SSSR count). The third-order valence-corrected chi connectivity index (χ3v) is 5.11. The van der Waals surface area contributed by atoms with Crippen LogP contribution in [0.5, 0.6) is 5.75 Å². The Hall–Kier alpha value is -2.37. The van der Waals surface area contributed by atoms with Crippen LogP contribution >= 0.6 is 0 Å². The molecule has 1 saturated carbocycles. The second kappa shape index (κ2) is 7.48. The van der Waals surface area contributed by atoms with Gasteiger partial charge < -0.3 is 14.2 Å². The molecule has 1 aliphatic heterocycles. The first-order chi connectivity index (χ1) is 12.7. The third-order valence-electron chi connectivity index (χ3n) is 5.11. The number of amides is 1. The number of aryl methyl sites for hydroxylation is 1. The van der Waals surface area contributed by atoms with Crippen molar-refractivity contribution >= 4 is 5.91 Å². The van der Waals surface area contributed by atoms with E-state index in [0.29, 0.717) is 17.7 Å². The number of piperidine rings is 1. The number of carbonyl (C=O) groups excluding carboxylic acids is 1. The van der Waals surface area contributed by atoms with Crippen molar-refractivity contribution in [2.75, 3.05) is 19.7 Å². The van der Waals surface area contributed by atoms with Gasteiger partial charge in [-0.05, 0) is 56.2 Å². The maximum absolute atomic E-state index is 12.5. The Morgan fingerprint density at radius 2 is 2.23 bits per heavy atom. The third kappa shape index (κ3) is 4.23. The van der Waals surface area contributed by atoms with Crippen molar-refractivity contribution in [2.45, 2.75) is 44.9 Å². The Kier molecular flexibility index (Phi) is 4.91. The number of carbonyl (C=O) groups is 1. The second-order valence-corrected chi connectivity index (χ2v) is 7.48. The Balaban J connectivity index is 1.28. The molecule has 1 unspecified atom stereocenters. The van der Waals surface area contributed by atoms with Crippen LogP contribution in [0, 0.1) is 12.8 Å². The number of likely N-dealkylation sites (tertiary alicyclic amines) is 1. The summed E-state index contributed by atoms with van der Waals surface area (Å²) in [5, 5.41) is 4.08. The van der Waals surface area contributed by atoms with Gasteiger partial charge in [-0.15, -0.1) is 0 Å². The summed E-state index contributed by atoms with van der Waals surface area (Å²) in [5.74, 6) is 3.23. The number of hydrogen-bond donors (Lipinski definition) is 0. The first-order valence-electron chi connectivity index (χ1n) is 9.47. The van der Waals surface area contributed by atoms with E-state index < -0.39 is 0 Å². The molecule has 2 heterocycles. The average Bonchev–Trinajstić information content (AvgIpc) is 3.40. The van der Waals surface area contributed by atoms with Gasteiger partial charge in [0.1, 0.15) is 5.75 Å². The van der Waals surface area contributed by atoms with Gasteiger partial charge in [0.15, 0.2) is 12.4 Å². The molecule has 26 heavy (non-hydrogen) atoms. The van der Waals surface area contributed by atoms with Gasteiger partial charge in [0, 0.05) is 25.4 Å². The van der Waals surface area contributed by atoms with Crippen LogP contribution in [-0.4, -0.2) is 40.6 Å². The Morgan fingerprint density at radius 1 is 1.35 bits per heavy atom. The molecule has 0 N–H and O–H groups in total. The molecule has 2 fully saturated rings. The van der Waals surface area contributed by atoms with E-state index in [1.807, 2.05) is 36.1 Å². The van der Waals surface area contributed by atoms with Crippen molar-refractivity contribution in [3.05, 3.63) is 41.5 Å². The Bertz CT molecular complexity index is 769. The first-order valence-corrected chi connectivity index (χ1v) is 9.47. The van der Waals surface area contributed by atoms with E-state index in [1.165, 1.54) is 12.8 Å². The van der Waals surface area contributed by atoms with Crippen LogP contribution in [-0.2, 0) is 11.2 Å².